The minimum atomic E-state index is 0.398. The molecular formula is C12H16O2S. The van der Waals surface area contributed by atoms with Gasteiger partial charge in [0.15, 0.2) is 0 Å². The van der Waals surface area contributed by atoms with Crippen LogP contribution < -0.4 is 0 Å². The Hall–Kier alpha value is -0.670. The normalized spacial score (nSPS) is 17.9. The highest BCUT2D eigenvalue weighted by atomic mass is 32.2. The molecule has 1 aliphatic rings. The topological polar surface area (TPSA) is 29.5 Å². The van der Waals surface area contributed by atoms with Crippen LogP contribution in [-0.4, -0.2) is 24.1 Å². The number of benzene rings is 1. The van der Waals surface area contributed by atoms with Gasteiger partial charge in [-0.2, -0.15) is 0 Å². The Bertz CT molecular complexity index is 308. The van der Waals surface area contributed by atoms with E-state index in [2.05, 4.69) is 0 Å². The van der Waals surface area contributed by atoms with E-state index in [1.807, 2.05) is 18.2 Å². The summed E-state index contributed by atoms with van der Waals surface area (Å²) in [5.41, 5.74) is 0. The summed E-state index contributed by atoms with van der Waals surface area (Å²) < 4.78 is 5.32. The highest BCUT2D eigenvalue weighted by molar-refractivity contribution is 7.99. The quantitative estimate of drug-likeness (QED) is 0.800. The molecule has 1 aromatic rings. The van der Waals surface area contributed by atoms with Gasteiger partial charge in [0, 0.05) is 23.9 Å². The number of phenolic OH excluding ortho intramolecular Hbond substituents is 1. The Morgan fingerprint density at radius 2 is 2.00 bits per heavy atom. The van der Waals surface area contributed by atoms with Crippen LogP contribution in [0.1, 0.15) is 12.8 Å². The predicted molar refractivity (Wildman–Crippen MR) is 62.4 cm³/mol. The van der Waals surface area contributed by atoms with Crippen LogP contribution in [0, 0.1) is 5.92 Å². The smallest absolute Gasteiger partial charge is 0.129 e. The third kappa shape index (κ3) is 3.14. The van der Waals surface area contributed by atoms with E-state index in [1.165, 1.54) is 0 Å². The molecule has 2 rings (SSSR count). The highest BCUT2D eigenvalue weighted by Crippen LogP contribution is 2.31. The molecule has 1 aromatic carbocycles. The van der Waals surface area contributed by atoms with Crippen molar-refractivity contribution in [2.45, 2.75) is 17.7 Å². The van der Waals surface area contributed by atoms with Gasteiger partial charge in [-0.25, -0.2) is 0 Å². The summed E-state index contributed by atoms with van der Waals surface area (Å²) in [7, 11) is 0. The molecular weight excluding hydrogens is 208 g/mol. The van der Waals surface area contributed by atoms with Crippen molar-refractivity contribution in [1.82, 2.24) is 0 Å². The van der Waals surface area contributed by atoms with E-state index in [-0.39, 0.29) is 0 Å². The molecule has 1 fully saturated rings. The second-order valence-corrected chi connectivity index (χ2v) is 4.90. The van der Waals surface area contributed by atoms with Crippen LogP contribution in [0.3, 0.4) is 0 Å². The third-order valence-electron chi connectivity index (χ3n) is 2.68. The first-order valence-corrected chi connectivity index (χ1v) is 6.33. The molecule has 1 N–H and O–H groups in total. The van der Waals surface area contributed by atoms with Gasteiger partial charge in [-0.05, 0) is 30.9 Å². The Morgan fingerprint density at radius 3 is 2.73 bits per heavy atom. The van der Waals surface area contributed by atoms with Crippen LogP contribution in [0.5, 0.6) is 5.75 Å². The Balaban J connectivity index is 1.84. The van der Waals surface area contributed by atoms with Gasteiger partial charge in [-0.1, -0.05) is 12.1 Å². The molecule has 0 unspecified atom stereocenters. The second kappa shape index (κ2) is 5.42. The van der Waals surface area contributed by atoms with Crippen LogP contribution in [0.25, 0.3) is 0 Å². The molecule has 82 valence electrons. The number of aromatic hydroxyl groups is 1. The molecule has 15 heavy (non-hydrogen) atoms. The third-order valence-corrected chi connectivity index (χ3v) is 3.97. The lowest BCUT2D eigenvalue weighted by atomic mass is 10.0. The second-order valence-electron chi connectivity index (χ2n) is 3.83. The number of thioether (sulfide) groups is 1. The Kier molecular flexibility index (Phi) is 3.92. The van der Waals surface area contributed by atoms with Crippen molar-refractivity contribution in [2.75, 3.05) is 19.0 Å². The van der Waals surface area contributed by atoms with Crippen LogP contribution in [0.15, 0.2) is 29.2 Å². The molecule has 0 aromatic heterocycles. The maximum atomic E-state index is 9.59. The predicted octanol–water partition coefficient (Wildman–Crippen LogP) is 2.91. The van der Waals surface area contributed by atoms with Gasteiger partial charge >= 0.3 is 0 Å². The van der Waals surface area contributed by atoms with Crippen LogP contribution >= 0.6 is 11.8 Å². The lowest BCUT2D eigenvalue weighted by Crippen LogP contribution is -2.17. The maximum absolute atomic E-state index is 9.59. The monoisotopic (exact) mass is 224 g/mol. The van der Waals surface area contributed by atoms with E-state index in [4.69, 9.17) is 4.74 Å². The zero-order valence-electron chi connectivity index (χ0n) is 8.69. The fourth-order valence-electron chi connectivity index (χ4n) is 1.70. The molecule has 0 saturated carbocycles. The molecule has 0 bridgehead atoms. The molecule has 3 heteroatoms. The molecule has 0 aliphatic carbocycles. The van der Waals surface area contributed by atoms with E-state index in [0.717, 1.165) is 42.6 Å². The van der Waals surface area contributed by atoms with Gasteiger partial charge in [-0.3, -0.25) is 0 Å². The van der Waals surface area contributed by atoms with Gasteiger partial charge in [0.25, 0.3) is 0 Å². The van der Waals surface area contributed by atoms with Crippen molar-refractivity contribution in [1.29, 1.82) is 0 Å². The summed E-state index contributed by atoms with van der Waals surface area (Å²) in [4.78, 5) is 0.990. The summed E-state index contributed by atoms with van der Waals surface area (Å²) in [5.74, 6) is 2.22. The van der Waals surface area contributed by atoms with Gasteiger partial charge in [-0.15, -0.1) is 11.8 Å². The van der Waals surface area contributed by atoms with E-state index in [1.54, 1.807) is 17.8 Å². The largest absolute Gasteiger partial charge is 0.507 e. The highest BCUT2D eigenvalue weighted by Gasteiger charge is 2.14. The van der Waals surface area contributed by atoms with Crippen molar-refractivity contribution in [3.8, 4) is 5.75 Å². The molecule has 0 atom stereocenters. The molecule has 1 heterocycles. The molecule has 0 spiro atoms. The number of para-hydroxylation sites is 1. The SMILES string of the molecule is Oc1ccccc1SCC1CCOCC1. The van der Waals surface area contributed by atoms with Gasteiger partial charge < -0.3 is 9.84 Å². The number of phenols is 1. The van der Waals surface area contributed by atoms with Crippen LogP contribution in [0.2, 0.25) is 0 Å². The number of hydrogen-bond donors (Lipinski definition) is 1. The number of rotatable bonds is 3. The van der Waals surface area contributed by atoms with Gasteiger partial charge in [0.1, 0.15) is 5.75 Å². The summed E-state index contributed by atoms with van der Waals surface area (Å²) in [6.45, 7) is 1.79. The molecule has 1 aliphatic heterocycles. The van der Waals surface area contributed by atoms with Gasteiger partial charge in [0.2, 0.25) is 0 Å². The minimum absolute atomic E-state index is 0.398. The van der Waals surface area contributed by atoms with E-state index in [9.17, 15) is 5.11 Å². The first kappa shape index (κ1) is 10.8. The zero-order chi connectivity index (χ0) is 10.5. The first-order chi connectivity index (χ1) is 7.36. The van der Waals surface area contributed by atoms with Crippen molar-refractivity contribution in [3.63, 3.8) is 0 Å². The van der Waals surface area contributed by atoms with E-state index < -0.39 is 0 Å². The zero-order valence-corrected chi connectivity index (χ0v) is 9.50. The molecule has 0 radical (unpaired) electrons. The maximum Gasteiger partial charge on any atom is 0.129 e. The molecule has 0 amide bonds. The molecule has 1 saturated heterocycles. The summed E-state index contributed by atoms with van der Waals surface area (Å²) >= 11 is 1.75. The van der Waals surface area contributed by atoms with E-state index in [0.29, 0.717) is 5.75 Å². The summed E-state index contributed by atoms with van der Waals surface area (Å²) in [6, 6.07) is 7.53. The average Bonchev–Trinajstić information content (AvgIpc) is 2.29. The van der Waals surface area contributed by atoms with Crippen molar-refractivity contribution in [3.05, 3.63) is 24.3 Å². The molecule has 2 nitrogen and oxygen atoms in total. The van der Waals surface area contributed by atoms with Crippen molar-refractivity contribution >= 4 is 11.8 Å². The van der Waals surface area contributed by atoms with Gasteiger partial charge in [0.05, 0.1) is 0 Å². The lowest BCUT2D eigenvalue weighted by molar-refractivity contribution is 0.0728. The fourth-order valence-corrected chi connectivity index (χ4v) is 2.84. The van der Waals surface area contributed by atoms with Crippen LogP contribution in [-0.2, 0) is 4.74 Å². The number of ether oxygens (including phenoxy) is 1. The summed E-state index contributed by atoms with van der Waals surface area (Å²) in [5, 5.41) is 9.59. The van der Waals surface area contributed by atoms with E-state index >= 15 is 0 Å². The Morgan fingerprint density at radius 1 is 1.27 bits per heavy atom. The minimum Gasteiger partial charge on any atom is -0.507 e. The van der Waals surface area contributed by atoms with Crippen molar-refractivity contribution in [2.24, 2.45) is 5.92 Å². The standard InChI is InChI=1S/C12H16O2S/c13-11-3-1-2-4-12(11)15-9-10-5-7-14-8-6-10/h1-4,10,13H,5-9H2. The number of hydrogen-bond acceptors (Lipinski definition) is 3. The first-order valence-electron chi connectivity index (χ1n) is 5.35. The average molecular weight is 224 g/mol. The van der Waals surface area contributed by atoms with Crippen LogP contribution in [0.4, 0.5) is 0 Å². The Labute approximate surface area is 94.6 Å². The van der Waals surface area contributed by atoms with Crippen molar-refractivity contribution < 1.29 is 9.84 Å². The fraction of sp³-hybridized carbons (Fsp3) is 0.500. The summed E-state index contributed by atoms with van der Waals surface area (Å²) in [6.07, 6.45) is 2.31. The lowest BCUT2D eigenvalue weighted by Gasteiger charge is -2.21.